The Labute approximate surface area is 134 Å². The van der Waals surface area contributed by atoms with Crippen LogP contribution in [0.3, 0.4) is 0 Å². The maximum atomic E-state index is 12.1. The topological polar surface area (TPSA) is 75.6 Å². The van der Waals surface area contributed by atoms with Crippen LogP contribution in [-0.2, 0) is 29.0 Å². The Hall–Kier alpha value is -2.82. The minimum Gasteiger partial charge on any atom is -0.497 e. The van der Waals surface area contributed by atoms with E-state index in [4.69, 9.17) is 9.84 Å². The first-order chi connectivity index (χ1) is 11.1. The number of amides is 1. The van der Waals surface area contributed by atoms with Crippen LogP contribution in [0.1, 0.15) is 16.7 Å². The van der Waals surface area contributed by atoms with Crippen molar-refractivity contribution < 1.29 is 19.4 Å². The molecule has 120 valence electrons. The molecule has 0 aliphatic heterocycles. The Balaban J connectivity index is 1.93. The van der Waals surface area contributed by atoms with Gasteiger partial charge in [0.2, 0.25) is 5.91 Å². The van der Waals surface area contributed by atoms with Crippen molar-refractivity contribution in [3.8, 4) is 5.75 Å². The molecule has 0 aromatic heterocycles. The summed E-state index contributed by atoms with van der Waals surface area (Å²) in [6.07, 6.45) is 0.0849. The number of methoxy groups -OCH3 is 1. The fourth-order valence-electron chi connectivity index (χ4n) is 2.24. The molecule has 2 aromatic carbocycles. The number of carboxylic acids is 1. The summed E-state index contributed by atoms with van der Waals surface area (Å²) in [4.78, 5) is 22.9. The van der Waals surface area contributed by atoms with E-state index in [1.54, 1.807) is 31.4 Å². The summed E-state index contributed by atoms with van der Waals surface area (Å²) in [7, 11) is 1.60. The van der Waals surface area contributed by atoms with Gasteiger partial charge in [0.15, 0.2) is 0 Å². The molecule has 0 bridgehead atoms. The van der Waals surface area contributed by atoms with Crippen molar-refractivity contribution >= 4 is 11.9 Å². The second-order valence-corrected chi connectivity index (χ2v) is 5.14. The molecular formula is C18H19NO4. The SMILES string of the molecule is COc1ccc(CNC(=O)Cc2ccccc2CC(=O)O)cc1. The van der Waals surface area contributed by atoms with E-state index in [2.05, 4.69) is 5.32 Å². The molecule has 0 saturated carbocycles. The van der Waals surface area contributed by atoms with Gasteiger partial charge in [-0.3, -0.25) is 9.59 Å². The molecule has 0 radical (unpaired) electrons. The third-order valence-corrected chi connectivity index (χ3v) is 3.46. The zero-order valence-corrected chi connectivity index (χ0v) is 12.9. The molecular weight excluding hydrogens is 294 g/mol. The van der Waals surface area contributed by atoms with Crippen molar-refractivity contribution in [3.05, 3.63) is 65.2 Å². The lowest BCUT2D eigenvalue weighted by atomic mass is 10.0. The number of ether oxygens (including phenoxy) is 1. The number of benzene rings is 2. The van der Waals surface area contributed by atoms with E-state index in [0.717, 1.165) is 16.9 Å². The highest BCUT2D eigenvalue weighted by Crippen LogP contribution is 2.12. The monoisotopic (exact) mass is 313 g/mol. The van der Waals surface area contributed by atoms with Crippen LogP contribution in [0.4, 0.5) is 0 Å². The lowest BCUT2D eigenvalue weighted by Crippen LogP contribution is -2.25. The average molecular weight is 313 g/mol. The van der Waals surface area contributed by atoms with Crippen LogP contribution in [-0.4, -0.2) is 24.1 Å². The zero-order chi connectivity index (χ0) is 16.7. The summed E-state index contributed by atoms with van der Waals surface area (Å²) in [5.74, 6) is -0.280. The van der Waals surface area contributed by atoms with Gasteiger partial charge in [-0.1, -0.05) is 36.4 Å². The molecule has 2 N–H and O–H groups in total. The van der Waals surface area contributed by atoms with Gasteiger partial charge in [0, 0.05) is 6.54 Å². The average Bonchev–Trinajstić information content (AvgIpc) is 2.55. The highest BCUT2D eigenvalue weighted by Gasteiger charge is 2.10. The fourth-order valence-corrected chi connectivity index (χ4v) is 2.24. The van der Waals surface area contributed by atoms with Crippen molar-refractivity contribution in [2.45, 2.75) is 19.4 Å². The number of carbonyl (C=O) groups excluding carboxylic acids is 1. The van der Waals surface area contributed by atoms with Gasteiger partial charge >= 0.3 is 5.97 Å². The van der Waals surface area contributed by atoms with E-state index >= 15 is 0 Å². The number of hydrogen-bond acceptors (Lipinski definition) is 3. The molecule has 0 fully saturated rings. The standard InChI is InChI=1S/C18H19NO4/c1-23-16-8-6-13(7-9-16)12-19-17(20)10-14-4-2-3-5-15(14)11-18(21)22/h2-9H,10-12H2,1H3,(H,19,20)(H,21,22). The first kappa shape index (κ1) is 16.5. The molecule has 0 heterocycles. The maximum absolute atomic E-state index is 12.1. The summed E-state index contributed by atoms with van der Waals surface area (Å²) in [6, 6.07) is 14.5. The minimum absolute atomic E-state index is 0.0814. The molecule has 0 atom stereocenters. The Morgan fingerprint density at radius 1 is 1.00 bits per heavy atom. The Kier molecular flexibility index (Phi) is 5.74. The largest absolute Gasteiger partial charge is 0.497 e. The molecule has 0 unspecified atom stereocenters. The summed E-state index contributed by atoms with van der Waals surface area (Å²) in [5, 5.41) is 11.7. The van der Waals surface area contributed by atoms with Crippen LogP contribution < -0.4 is 10.1 Å². The van der Waals surface area contributed by atoms with Crippen LogP contribution in [0.2, 0.25) is 0 Å². The van der Waals surface area contributed by atoms with Crippen LogP contribution in [0.5, 0.6) is 5.75 Å². The minimum atomic E-state index is -0.906. The van der Waals surface area contributed by atoms with Gasteiger partial charge < -0.3 is 15.2 Å². The smallest absolute Gasteiger partial charge is 0.307 e. The van der Waals surface area contributed by atoms with Crippen LogP contribution in [0, 0.1) is 0 Å². The predicted molar refractivity (Wildman–Crippen MR) is 86.3 cm³/mol. The first-order valence-corrected chi connectivity index (χ1v) is 7.26. The quantitative estimate of drug-likeness (QED) is 0.821. The summed E-state index contributed by atoms with van der Waals surface area (Å²) in [6.45, 7) is 0.421. The van der Waals surface area contributed by atoms with Crippen molar-refractivity contribution in [1.29, 1.82) is 0 Å². The van der Waals surface area contributed by atoms with Crippen LogP contribution >= 0.6 is 0 Å². The van der Waals surface area contributed by atoms with Gasteiger partial charge in [-0.05, 0) is 28.8 Å². The fraction of sp³-hybridized carbons (Fsp3) is 0.222. The number of rotatable bonds is 7. The Bertz CT molecular complexity index is 680. The van der Waals surface area contributed by atoms with E-state index in [0.29, 0.717) is 12.1 Å². The highest BCUT2D eigenvalue weighted by molar-refractivity contribution is 5.79. The number of hydrogen-bond donors (Lipinski definition) is 2. The van der Waals surface area contributed by atoms with Crippen LogP contribution in [0.15, 0.2) is 48.5 Å². The third-order valence-electron chi connectivity index (χ3n) is 3.46. The number of carbonyl (C=O) groups is 2. The molecule has 1 amide bonds. The summed E-state index contributed by atoms with van der Waals surface area (Å²) in [5.41, 5.74) is 2.37. The normalized spacial score (nSPS) is 10.1. The summed E-state index contributed by atoms with van der Waals surface area (Å²) >= 11 is 0. The molecule has 2 rings (SSSR count). The van der Waals surface area contributed by atoms with E-state index < -0.39 is 5.97 Å². The second-order valence-electron chi connectivity index (χ2n) is 5.14. The lowest BCUT2D eigenvalue weighted by molar-refractivity contribution is -0.136. The molecule has 5 heteroatoms. The van der Waals surface area contributed by atoms with E-state index in [-0.39, 0.29) is 18.7 Å². The molecule has 0 aliphatic rings. The van der Waals surface area contributed by atoms with Crippen molar-refractivity contribution in [2.24, 2.45) is 0 Å². The maximum Gasteiger partial charge on any atom is 0.307 e. The molecule has 0 saturated heterocycles. The summed E-state index contributed by atoms with van der Waals surface area (Å²) < 4.78 is 5.08. The van der Waals surface area contributed by atoms with E-state index in [1.165, 1.54) is 0 Å². The van der Waals surface area contributed by atoms with Gasteiger partial charge in [-0.15, -0.1) is 0 Å². The number of carboxylic acid groups (broad SMARTS) is 1. The Morgan fingerprint density at radius 3 is 2.17 bits per heavy atom. The van der Waals surface area contributed by atoms with E-state index in [1.807, 2.05) is 24.3 Å². The molecule has 2 aromatic rings. The molecule has 0 spiro atoms. The van der Waals surface area contributed by atoms with Crippen molar-refractivity contribution in [1.82, 2.24) is 5.32 Å². The molecule has 0 aliphatic carbocycles. The number of nitrogens with one attached hydrogen (secondary N) is 1. The van der Waals surface area contributed by atoms with Crippen molar-refractivity contribution in [2.75, 3.05) is 7.11 Å². The van der Waals surface area contributed by atoms with E-state index in [9.17, 15) is 9.59 Å². The zero-order valence-electron chi connectivity index (χ0n) is 12.9. The van der Waals surface area contributed by atoms with Gasteiger partial charge in [0.05, 0.1) is 20.0 Å². The lowest BCUT2D eigenvalue weighted by Gasteiger charge is -2.09. The highest BCUT2D eigenvalue weighted by atomic mass is 16.5. The van der Waals surface area contributed by atoms with Crippen LogP contribution in [0.25, 0.3) is 0 Å². The van der Waals surface area contributed by atoms with Gasteiger partial charge in [0.1, 0.15) is 5.75 Å². The first-order valence-electron chi connectivity index (χ1n) is 7.26. The number of aliphatic carboxylic acids is 1. The predicted octanol–water partition coefficient (Wildman–Crippen LogP) is 2.18. The van der Waals surface area contributed by atoms with Gasteiger partial charge in [0.25, 0.3) is 0 Å². The van der Waals surface area contributed by atoms with Gasteiger partial charge in [-0.2, -0.15) is 0 Å². The second kappa shape index (κ2) is 7.98. The van der Waals surface area contributed by atoms with Crippen molar-refractivity contribution in [3.63, 3.8) is 0 Å². The molecule has 5 nitrogen and oxygen atoms in total. The van der Waals surface area contributed by atoms with Gasteiger partial charge in [-0.25, -0.2) is 0 Å². The Morgan fingerprint density at radius 2 is 1.61 bits per heavy atom. The third kappa shape index (κ3) is 5.14. The molecule has 23 heavy (non-hydrogen) atoms.